The maximum atomic E-state index is 12.2. The van der Waals surface area contributed by atoms with Gasteiger partial charge in [0.1, 0.15) is 0 Å². The highest BCUT2D eigenvalue weighted by atomic mass is 32.2. The second kappa shape index (κ2) is 5.99. The van der Waals surface area contributed by atoms with Crippen LogP contribution in [0.3, 0.4) is 0 Å². The third-order valence-electron chi connectivity index (χ3n) is 3.28. The van der Waals surface area contributed by atoms with Crippen molar-refractivity contribution in [2.24, 2.45) is 0 Å². The molecule has 1 aromatic heterocycles. The van der Waals surface area contributed by atoms with Crippen molar-refractivity contribution >= 4 is 10.0 Å². The molecule has 0 spiro atoms. The Hall–Kier alpha value is -1.66. The third kappa shape index (κ3) is 4.15. The molecule has 1 heterocycles. The number of hydrogen-bond acceptors (Lipinski definition) is 3. The number of sulfonamides is 1. The number of aromatic nitrogens is 2. The van der Waals surface area contributed by atoms with Gasteiger partial charge in [-0.15, -0.1) is 0 Å². The number of nitrogens with zero attached hydrogens (tertiary/aromatic N) is 1. The van der Waals surface area contributed by atoms with Crippen molar-refractivity contribution in [3.05, 3.63) is 47.8 Å². The fraction of sp³-hybridized carbons (Fsp3) is 0.400. The average molecular weight is 307 g/mol. The molecule has 21 heavy (non-hydrogen) atoms. The van der Waals surface area contributed by atoms with Gasteiger partial charge in [-0.05, 0) is 29.2 Å². The van der Waals surface area contributed by atoms with E-state index in [0.717, 1.165) is 11.3 Å². The molecule has 2 rings (SSSR count). The van der Waals surface area contributed by atoms with Crippen LogP contribution >= 0.6 is 0 Å². The van der Waals surface area contributed by atoms with Crippen molar-refractivity contribution < 1.29 is 8.42 Å². The van der Waals surface area contributed by atoms with E-state index in [-0.39, 0.29) is 5.41 Å². The van der Waals surface area contributed by atoms with Crippen LogP contribution in [-0.2, 0) is 21.9 Å². The Labute approximate surface area is 125 Å². The minimum absolute atomic E-state index is 0.0103. The zero-order chi connectivity index (χ0) is 15.5. The molecule has 0 unspecified atom stereocenters. The van der Waals surface area contributed by atoms with Crippen LogP contribution in [0.2, 0.25) is 0 Å². The number of H-pyrrole nitrogens is 1. The quantitative estimate of drug-likeness (QED) is 0.889. The fourth-order valence-corrected chi connectivity index (χ4v) is 2.99. The smallest absolute Gasteiger partial charge is 0.240 e. The Morgan fingerprint density at radius 2 is 1.81 bits per heavy atom. The maximum absolute atomic E-state index is 12.2. The first kappa shape index (κ1) is 15.7. The van der Waals surface area contributed by atoms with E-state index >= 15 is 0 Å². The molecule has 2 aromatic rings. The van der Waals surface area contributed by atoms with Gasteiger partial charge in [0, 0.05) is 24.9 Å². The standard InChI is InChI=1S/C15H21N3O2S/c1-15(2,3)12-4-6-14(7-5-12)21(19,20)17-11-9-13-8-10-16-18-13/h4-8,10,17H,9,11H2,1-3H3,(H,16,18). The summed E-state index contributed by atoms with van der Waals surface area (Å²) in [5.74, 6) is 0. The molecular weight excluding hydrogens is 286 g/mol. The van der Waals surface area contributed by atoms with Gasteiger partial charge in [0.15, 0.2) is 0 Å². The summed E-state index contributed by atoms with van der Waals surface area (Å²) in [7, 11) is -3.46. The van der Waals surface area contributed by atoms with Gasteiger partial charge < -0.3 is 0 Å². The van der Waals surface area contributed by atoms with Crippen LogP contribution in [0.15, 0.2) is 41.4 Å². The molecule has 0 atom stereocenters. The summed E-state index contributed by atoms with van der Waals surface area (Å²) in [6, 6.07) is 8.86. The van der Waals surface area contributed by atoms with Crippen LogP contribution < -0.4 is 4.72 Å². The molecule has 6 heteroatoms. The van der Waals surface area contributed by atoms with E-state index in [1.165, 1.54) is 0 Å². The van der Waals surface area contributed by atoms with Gasteiger partial charge in [0.05, 0.1) is 4.90 Å². The lowest BCUT2D eigenvalue weighted by Crippen LogP contribution is -2.26. The molecule has 0 aliphatic heterocycles. The topological polar surface area (TPSA) is 74.8 Å². The summed E-state index contributed by atoms with van der Waals surface area (Å²) < 4.78 is 27.0. The summed E-state index contributed by atoms with van der Waals surface area (Å²) in [6.07, 6.45) is 2.23. The lowest BCUT2D eigenvalue weighted by atomic mass is 9.87. The number of benzene rings is 1. The highest BCUT2D eigenvalue weighted by molar-refractivity contribution is 7.89. The Morgan fingerprint density at radius 3 is 2.33 bits per heavy atom. The monoisotopic (exact) mass is 307 g/mol. The lowest BCUT2D eigenvalue weighted by Gasteiger charge is -2.19. The normalized spacial score (nSPS) is 12.5. The highest BCUT2D eigenvalue weighted by Gasteiger charge is 2.17. The van der Waals surface area contributed by atoms with Gasteiger partial charge in [-0.25, -0.2) is 13.1 Å². The Kier molecular flexibility index (Phi) is 4.49. The zero-order valence-electron chi connectivity index (χ0n) is 12.6. The Bertz CT molecular complexity index is 669. The molecule has 0 amide bonds. The predicted molar refractivity (Wildman–Crippen MR) is 82.6 cm³/mol. The summed E-state index contributed by atoms with van der Waals surface area (Å²) in [4.78, 5) is 0.292. The summed E-state index contributed by atoms with van der Waals surface area (Å²) in [5, 5.41) is 6.63. The van der Waals surface area contributed by atoms with E-state index in [0.29, 0.717) is 17.9 Å². The third-order valence-corrected chi connectivity index (χ3v) is 4.75. The Morgan fingerprint density at radius 1 is 1.14 bits per heavy atom. The number of aromatic amines is 1. The molecule has 0 saturated carbocycles. The molecule has 0 fully saturated rings. The molecule has 0 aliphatic carbocycles. The first-order chi connectivity index (χ1) is 9.79. The molecule has 0 saturated heterocycles. The second-order valence-electron chi connectivity index (χ2n) is 6.00. The van der Waals surface area contributed by atoms with E-state index in [1.54, 1.807) is 18.3 Å². The van der Waals surface area contributed by atoms with Gasteiger partial charge in [0.25, 0.3) is 0 Å². The van der Waals surface area contributed by atoms with Crippen molar-refractivity contribution in [2.75, 3.05) is 6.54 Å². The largest absolute Gasteiger partial charge is 0.283 e. The second-order valence-corrected chi connectivity index (χ2v) is 7.77. The van der Waals surface area contributed by atoms with E-state index in [2.05, 4.69) is 35.7 Å². The lowest BCUT2D eigenvalue weighted by molar-refractivity contribution is 0.578. The molecule has 1 aromatic carbocycles. The maximum Gasteiger partial charge on any atom is 0.240 e. The van der Waals surface area contributed by atoms with Gasteiger partial charge in [0.2, 0.25) is 10.0 Å². The first-order valence-electron chi connectivity index (χ1n) is 6.87. The number of nitrogens with one attached hydrogen (secondary N) is 2. The Balaban J connectivity index is 2.02. The zero-order valence-corrected chi connectivity index (χ0v) is 13.4. The first-order valence-corrected chi connectivity index (χ1v) is 8.36. The highest BCUT2D eigenvalue weighted by Crippen LogP contribution is 2.23. The summed E-state index contributed by atoms with van der Waals surface area (Å²) >= 11 is 0. The van der Waals surface area contributed by atoms with E-state index in [1.807, 2.05) is 18.2 Å². The molecule has 2 N–H and O–H groups in total. The van der Waals surface area contributed by atoms with Crippen LogP contribution in [0.5, 0.6) is 0 Å². The van der Waals surface area contributed by atoms with Crippen LogP contribution in [0.1, 0.15) is 32.0 Å². The number of hydrogen-bond donors (Lipinski definition) is 2. The van der Waals surface area contributed by atoms with Crippen molar-refractivity contribution in [2.45, 2.75) is 37.5 Å². The summed E-state index contributed by atoms with van der Waals surface area (Å²) in [6.45, 7) is 6.63. The van der Waals surface area contributed by atoms with Crippen LogP contribution in [0.25, 0.3) is 0 Å². The van der Waals surface area contributed by atoms with Crippen molar-refractivity contribution in [3.63, 3.8) is 0 Å². The average Bonchev–Trinajstić information content (AvgIpc) is 2.91. The molecular formula is C15H21N3O2S. The van der Waals surface area contributed by atoms with Crippen molar-refractivity contribution in [3.8, 4) is 0 Å². The van der Waals surface area contributed by atoms with Gasteiger partial charge in [-0.2, -0.15) is 5.10 Å². The van der Waals surface area contributed by atoms with E-state index in [9.17, 15) is 8.42 Å². The van der Waals surface area contributed by atoms with Crippen molar-refractivity contribution in [1.29, 1.82) is 0 Å². The van der Waals surface area contributed by atoms with E-state index < -0.39 is 10.0 Å². The van der Waals surface area contributed by atoms with Crippen LogP contribution in [0.4, 0.5) is 0 Å². The molecule has 5 nitrogen and oxygen atoms in total. The SMILES string of the molecule is CC(C)(C)c1ccc(S(=O)(=O)NCCc2ccn[nH]2)cc1. The number of rotatable bonds is 5. The molecule has 0 bridgehead atoms. The van der Waals surface area contributed by atoms with Gasteiger partial charge in [-0.3, -0.25) is 5.10 Å². The minimum atomic E-state index is -3.46. The molecule has 114 valence electrons. The van der Waals surface area contributed by atoms with Crippen LogP contribution in [0, 0.1) is 0 Å². The summed E-state index contributed by atoms with van der Waals surface area (Å²) in [5.41, 5.74) is 2.02. The molecule has 0 aliphatic rings. The van der Waals surface area contributed by atoms with Gasteiger partial charge in [-0.1, -0.05) is 32.9 Å². The van der Waals surface area contributed by atoms with E-state index in [4.69, 9.17) is 0 Å². The minimum Gasteiger partial charge on any atom is -0.283 e. The fourth-order valence-electron chi connectivity index (χ4n) is 1.96. The predicted octanol–water partition coefficient (Wildman–Crippen LogP) is 2.23. The van der Waals surface area contributed by atoms with Crippen LogP contribution in [-0.4, -0.2) is 25.2 Å². The molecule has 0 radical (unpaired) electrons. The van der Waals surface area contributed by atoms with Gasteiger partial charge >= 0.3 is 0 Å². The van der Waals surface area contributed by atoms with Crippen molar-refractivity contribution in [1.82, 2.24) is 14.9 Å².